The Labute approximate surface area is 171 Å². The second kappa shape index (κ2) is 6.21. The lowest BCUT2D eigenvalue weighted by molar-refractivity contribution is 0.404. The van der Waals surface area contributed by atoms with Crippen molar-refractivity contribution in [2.24, 2.45) is 5.41 Å². The third kappa shape index (κ3) is 2.54. The molecule has 0 spiro atoms. The van der Waals surface area contributed by atoms with Gasteiger partial charge in [-0.1, -0.05) is 78.3 Å². The van der Waals surface area contributed by atoms with Gasteiger partial charge in [-0.05, 0) is 77.2 Å². The van der Waals surface area contributed by atoms with Crippen molar-refractivity contribution in [1.29, 1.82) is 0 Å². The van der Waals surface area contributed by atoms with Crippen molar-refractivity contribution >= 4 is 22.0 Å². The van der Waals surface area contributed by atoms with Crippen molar-refractivity contribution in [3.63, 3.8) is 0 Å². The van der Waals surface area contributed by atoms with Crippen LogP contribution in [0.4, 0.5) is 0 Å². The zero-order valence-electron chi connectivity index (χ0n) is 16.5. The summed E-state index contributed by atoms with van der Waals surface area (Å²) in [5.74, 6) is 0.433. The Bertz CT molecular complexity index is 977. The number of hydrogen-bond donors (Lipinski definition) is 0. The number of rotatable bonds is 2. The van der Waals surface area contributed by atoms with Crippen LogP contribution in [-0.4, -0.2) is 4.83 Å². The van der Waals surface area contributed by atoms with Crippen molar-refractivity contribution in [2.45, 2.75) is 57.2 Å². The summed E-state index contributed by atoms with van der Waals surface area (Å²) in [5.41, 5.74) is 12.1. The summed E-state index contributed by atoms with van der Waals surface area (Å²) in [4.78, 5) is 0.405. The van der Waals surface area contributed by atoms with Crippen molar-refractivity contribution in [3.05, 3.63) is 87.1 Å². The van der Waals surface area contributed by atoms with Crippen LogP contribution in [0.25, 0.3) is 6.08 Å². The summed E-state index contributed by atoms with van der Waals surface area (Å²) in [5, 5.41) is 0. The van der Waals surface area contributed by atoms with E-state index in [1.54, 1.807) is 16.7 Å². The van der Waals surface area contributed by atoms with Crippen LogP contribution in [-0.2, 0) is 0 Å². The van der Waals surface area contributed by atoms with E-state index < -0.39 is 0 Å². The van der Waals surface area contributed by atoms with Gasteiger partial charge in [-0.25, -0.2) is 0 Å². The molecule has 0 saturated carbocycles. The molecular formula is C26H27Br. The fourth-order valence-corrected chi connectivity index (χ4v) is 6.66. The summed E-state index contributed by atoms with van der Waals surface area (Å²) >= 11 is 4.06. The summed E-state index contributed by atoms with van der Waals surface area (Å²) in [6, 6.07) is 8.89. The van der Waals surface area contributed by atoms with Crippen molar-refractivity contribution in [3.8, 4) is 0 Å². The minimum Gasteiger partial charge on any atom is -0.0790 e. The zero-order chi connectivity index (χ0) is 18.8. The molecule has 0 saturated heterocycles. The molecule has 0 nitrogen and oxygen atoms in total. The van der Waals surface area contributed by atoms with Gasteiger partial charge in [-0.15, -0.1) is 0 Å². The number of hydrogen-bond acceptors (Lipinski definition) is 0. The largest absolute Gasteiger partial charge is 0.0790 e. The molecular weight excluding hydrogens is 392 g/mol. The average Bonchev–Trinajstić information content (AvgIpc) is 3.23. The molecule has 0 aromatic heterocycles. The first-order valence-corrected chi connectivity index (χ1v) is 11.2. The molecule has 2 unspecified atom stereocenters. The molecule has 0 heterocycles. The zero-order valence-corrected chi connectivity index (χ0v) is 18.1. The summed E-state index contributed by atoms with van der Waals surface area (Å²) < 4.78 is 0. The van der Waals surface area contributed by atoms with E-state index in [1.165, 1.54) is 53.5 Å². The van der Waals surface area contributed by atoms with E-state index in [9.17, 15) is 0 Å². The van der Waals surface area contributed by atoms with Crippen molar-refractivity contribution in [2.75, 3.05) is 0 Å². The Morgan fingerprint density at radius 2 is 1.81 bits per heavy atom. The molecule has 0 bridgehead atoms. The molecule has 4 aliphatic rings. The monoisotopic (exact) mass is 418 g/mol. The Hall–Kier alpha value is -1.60. The van der Waals surface area contributed by atoms with E-state index in [0.29, 0.717) is 10.7 Å². The smallest absolute Gasteiger partial charge is 0.0616 e. The highest BCUT2D eigenvalue weighted by Gasteiger charge is 2.42. The first-order valence-electron chi connectivity index (χ1n) is 10.3. The Kier molecular flexibility index (Phi) is 4.02. The average molecular weight is 419 g/mol. The van der Waals surface area contributed by atoms with Gasteiger partial charge in [0.2, 0.25) is 0 Å². The summed E-state index contributed by atoms with van der Waals surface area (Å²) in [6.45, 7) is 7.19. The van der Waals surface area contributed by atoms with Crippen LogP contribution in [0, 0.1) is 5.41 Å². The molecule has 0 radical (unpaired) electrons. The van der Waals surface area contributed by atoms with Crippen LogP contribution in [0.1, 0.15) is 63.5 Å². The van der Waals surface area contributed by atoms with Crippen LogP contribution in [0.3, 0.4) is 0 Å². The van der Waals surface area contributed by atoms with Crippen molar-refractivity contribution in [1.82, 2.24) is 0 Å². The third-order valence-electron chi connectivity index (χ3n) is 7.02. The van der Waals surface area contributed by atoms with Crippen LogP contribution < -0.4 is 0 Å². The second-order valence-corrected chi connectivity index (χ2v) is 9.94. The maximum atomic E-state index is 4.06. The maximum Gasteiger partial charge on any atom is 0.0616 e. The molecule has 0 aliphatic heterocycles. The van der Waals surface area contributed by atoms with Gasteiger partial charge in [0.15, 0.2) is 0 Å². The van der Waals surface area contributed by atoms with Crippen LogP contribution in [0.5, 0.6) is 0 Å². The molecule has 2 atom stereocenters. The van der Waals surface area contributed by atoms with Gasteiger partial charge in [-0.3, -0.25) is 0 Å². The molecule has 27 heavy (non-hydrogen) atoms. The third-order valence-corrected chi connectivity index (χ3v) is 8.07. The van der Waals surface area contributed by atoms with Gasteiger partial charge < -0.3 is 0 Å². The SMILES string of the molecule is CC1=C(C(C)(C)C2C=Cc3ccccc32)C2=CC3=C(CCCC3)C(Br)C2=C1. The van der Waals surface area contributed by atoms with E-state index in [2.05, 4.69) is 85.3 Å². The molecule has 0 N–H and O–H groups in total. The number of benzene rings is 1. The molecule has 4 aliphatic carbocycles. The van der Waals surface area contributed by atoms with E-state index in [1.807, 2.05) is 0 Å². The molecule has 1 heteroatoms. The Balaban J connectivity index is 1.60. The predicted molar refractivity (Wildman–Crippen MR) is 119 cm³/mol. The lowest BCUT2D eigenvalue weighted by Gasteiger charge is -2.38. The van der Waals surface area contributed by atoms with Gasteiger partial charge in [0.05, 0.1) is 4.83 Å². The minimum absolute atomic E-state index is 0.0662. The van der Waals surface area contributed by atoms with Crippen LogP contribution >= 0.6 is 15.9 Å². The predicted octanol–water partition coefficient (Wildman–Crippen LogP) is 7.65. The first kappa shape index (κ1) is 17.5. The molecule has 1 aromatic rings. The van der Waals surface area contributed by atoms with Gasteiger partial charge in [0, 0.05) is 11.3 Å². The fraction of sp³-hybridized carbons (Fsp3) is 0.385. The number of fused-ring (bicyclic) bond motifs is 2. The lowest BCUT2D eigenvalue weighted by atomic mass is 9.66. The highest BCUT2D eigenvalue weighted by Crippen LogP contribution is 2.56. The molecule has 1 aromatic carbocycles. The quantitative estimate of drug-likeness (QED) is 0.432. The standard InChI is InChI=1S/C26H27Br/c1-16-14-22-21(15-18-9-5-7-11-20(18)25(22)27)24(16)26(2,3)23-13-12-17-8-4-6-10-19(17)23/h4,6,8,10,12-15,23,25H,5,7,9,11H2,1-3H3. The van der Waals surface area contributed by atoms with E-state index >= 15 is 0 Å². The van der Waals surface area contributed by atoms with E-state index in [4.69, 9.17) is 0 Å². The summed E-state index contributed by atoms with van der Waals surface area (Å²) in [6.07, 6.45) is 14.9. The second-order valence-electron chi connectivity index (χ2n) is 9.02. The Morgan fingerprint density at radius 1 is 1.04 bits per heavy atom. The molecule has 5 rings (SSSR count). The van der Waals surface area contributed by atoms with Gasteiger partial charge in [0.1, 0.15) is 0 Å². The number of allylic oxidation sites excluding steroid dienone is 9. The first-order chi connectivity index (χ1) is 13.0. The van der Waals surface area contributed by atoms with E-state index in [-0.39, 0.29) is 5.41 Å². The molecule has 0 fully saturated rings. The molecule has 138 valence electrons. The maximum absolute atomic E-state index is 4.06. The van der Waals surface area contributed by atoms with Crippen LogP contribution in [0.2, 0.25) is 0 Å². The highest BCUT2D eigenvalue weighted by molar-refractivity contribution is 9.09. The van der Waals surface area contributed by atoms with Gasteiger partial charge in [-0.2, -0.15) is 0 Å². The highest BCUT2D eigenvalue weighted by atomic mass is 79.9. The fourth-order valence-electron chi connectivity index (χ4n) is 5.76. The molecule has 0 amide bonds. The normalized spacial score (nSPS) is 26.7. The van der Waals surface area contributed by atoms with Gasteiger partial charge >= 0.3 is 0 Å². The number of halogens is 1. The van der Waals surface area contributed by atoms with Crippen molar-refractivity contribution < 1.29 is 0 Å². The lowest BCUT2D eigenvalue weighted by Crippen LogP contribution is -2.26. The topological polar surface area (TPSA) is 0 Å². The van der Waals surface area contributed by atoms with Crippen LogP contribution in [0.15, 0.2) is 75.9 Å². The Morgan fingerprint density at radius 3 is 2.67 bits per heavy atom. The minimum atomic E-state index is 0.0662. The van der Waals surface area contributed by atoms with Gasteiger partial charge in [0.25, 0.3) is 0 Å². The number of alkyl halides is 1. The summed E-state index contributed by atoms with van der Waals surface area (Å²) in [7, 11) is 0. The van der Waals surface area contributed by atoms with E-state index in [0.717, 1.165) is 0 Å².